The zero-order chi connectivity index (χ0) is 11.9. The van der Waals surface area contributed by atoms with Gasteiger partial charge in [0.1, 0.15) is 0 Å². The fraction of sp³-hybridized carbons (Fsp3) is 0.400. The first-order valence-electron chi connectivity index (χ1n) is 6.38. The molecular weight excluding hydrogens is 210 g/mol. The third-order valence-corrected chi connectivity index (χ3v) is 3.18. The number of rotatable bonds is 3. The molecule has 1 N–H and O–H groups in total. The van der Waals surface area contributed by atoms with Gasteiger partial charge in [-0.3, -0.25) is 4.79 Å². The molecule has 90 valence electrons. The topological polar surface area (TPSA) is 29.1 Å². The highest BCUT2D eigenvalue weighted by atomic mass is 16.1. The maximum atomic E-state index is 11.7. The van der Waals surface area contributed by atoms with E-state index in [1.807, 2.05) is 36.4 Å². The lowest BCUT2D eigenvalue weighted by atomic mass is 9.95. The van der Waals surface area contributed by atoms with E-state index in [0.717, 1.165) is 18.4 Å². The lowest BCUT2D eigenvalue weighted by molar-refractivity contribution is -0.117. The highest BCUT2D eigenvalue weighted by Gasteiger charge is 2.13. The molecule has 1 amide bonds. The van der Waals surface area contributed by atoms with E-state index in [1.165, 1.54) is 19.3 Å². The van der Waals surface area contributed by atoms with Crippen LogP contribution in [0.3, 0.4) is 0 Å². The van der Waals surface area contributed by atoms with Crippen molar-refractivity contribution in [2.45, 2.75) is 38.1 Å². The number of carbonyl (C=O) groups is 1. The van der Waals surface area contributed by atoms with Crippen LogP contribution in [0.25, 0.3) is 6.08 Å². The third-order valence-electron chi connectivity index (χ3n) is 3.18. The second-order valence-corrected chi connectivity index (χ2v) is 4.59. The number of hydrogen-bond acceptors (Lipinski definition) is 1. The first-order chi connectivity index (χ1) is 8.34. The molecule has 0 saturated heterocycles. The van der Waals surface area contributed by atoms with Crippen molar-refractivity contribution in [2.24, 2.45) is 0 Å². The van der Waals surface area contributed by atoms with Crippen LogP contribution in [0.4, 0.5) is 0 Å². The van der Waals surface area contributed by atoms with Gasteiger partial charge in [-0.25, -0.2) is 0 Å². The van der Waals surface area contributed by atoms with Gasteiger partial charge in [0.2, 0.25) is 5.91 Å². The first kappa shape index (κ1) is 11.9. The quantitative estimate of drug-likeness (QED) is 0.793. The van der Waals surface area contributed by atoms with E-state index in [4.69, 9.17) is 0 Å². The first-order valence-corrected chi connectivity index (χ1v) is 6.38. The maximum absolute atomic E-state index is 11.7. The van der Waals surface area contributed by atoms with Gasteiger partial charge in [0.25, 0.3) is 0 Å². The molecule has 1 fully saturated rings. The summed E-state index contributed by atoms with van der Waals surface area (Å²) < 4.78 is 0. The number of nitrogens with one attached hydrogen (secondary N) is 1. The van der Waals surface area contributed by atoms with Crippen molar-refractivity contribution in [3.05, 3.63) is 42.0 Å². The highest BCUT2D eigenvalue weighted by Crippen LogP contribution is 2.17. The van der Waals surface area contributed by atoms with Crippen molar-refractivity contribution in [2.75, 3.05) is 0 Å². The fourth-order valence-corrected chi connectivity index (χ4v) is 2.23. The second-order valence-electron chi connectivity index (χ2n) is 4.59. The standard InChI is InChI=1S/C15H19NO/c17-15(16-14-9-5-2-6-10-14)12-11-13-7-3-1-4-8-13/h1,3-4,7-8,11-12,14H,2,5-6,9-10H2,(H,16,17). The Balaban J connectivity index is 1.82. The van der Waals surface area contributed by atoms with Gasteiger partial charge >= 0.3 is 0 Å². The molecule has 1 aromatic carbocycles. The van der Waals surface area contributed by atoms with Crippen LogP contribution in [-0.4, -0.2) is 11.9 Å². The largest absolute Gasteiger partial charge is 0.350 e. The number of carbonyl (C=O) groups excluding carboxylic acids is 1. The average Bonchev–Trinajstić information content (AvgIpc) is 2.39. The summed E-state index contributed by atoms with van der Waals surface area (Å²) in [6, 6.07) is 10.3. The molecule has 0 aromatic heterocycles. The predicted octanol–water partition coefficient (Wildman–Crippen LogP) is 3.15. The van der Waals surface area contributed by atoms with E-state index in [0.29, 0.717) is 6.04 Å². The summed E-state index contributed by atoms with van der Waals surface area (Å²) in [7, 11) is 0. The Bertz CT molecular complexity index is 377. The Kier molecular flexibility index (Phi) is 4.37. The molecule has 0 aliphatic heterocycles. The Labute approximate surface area is 103 Å². The van der Waals surface area contributed by atoms with E-state index in [9.17, 15) is 4.79 Å². The second kappa shape index (κ2) is 6.24. The van der Waals surface area contributed by atoms with Crippen LogP contribution in [-0.2, 0) is 4.79 Å². The Morgan fingerprint density at radius 2 is 1.82 bits per heavy atom. The molecule has 17 heavy (non-hydrogen) atoms. The zero-order valence-electron chi connectivity index (χ0n) is 10.1. The molecule has 1 aliphatic rings. The molecule has 2 rings (SSSR count). The van der Waals surface area contributed by atoms with Crippen molar-refractivity contribution in [1.29, 1.82) is 0 Å². The van der Waals surface area contributed by atoms with Gasteiger partial charge in [0, 0.05) is 12.1 Å². The minimum Gasteiger partial charge on any atom is -0.350 e. The Morgan fingerprint density at radius 3 is 2.53 bits per heavy atom. The van der Waals surface area contributed by atoms with E-state index in [1.54, 1.807) is 6.08 Å². The summed E-state index contributed by atoms with van der Waals surface area (Å²) in [4.78, 5) is 11.7. The van der Waals surface area contributed by atoms with Gasteiger partial charge in [-0.15, -0.1) is 0 Å². The molecule has 0 unspecified atom stereocenters. The Hall–Kier alpha value is -1.57. The molecule has 0 radical (unpaired) electrons. The van der Waals surface area contributed by atoms with Crippen molar-refractivity contribution in [3.8, 4) is 0 Å². The maximum Gasteiger partial charge on any atom is 0.244 e. The average molecular weight is 229 g/mol. The zero-order valence-corrected chi connectivity index (χ0v) is 10.1. The van der Waals surface area contributed by atoms with Crippen molar-refractivity contribution in [1.82, 2.24) is 5.32 Å². The van der Waals surface area contributed by atoms with Crippen LogP contribution in [0, 0.1) is 0 Å². The summed E-state index contributed by atoms with van der Waals surface area (Å²) >= 11 is 0. The predicted molar refractivity (Wildman–Crippen MR) is 70.5 cm³/mol. The van der Waals surface area contributed by atoms with Crippen LogP contribution >= 0.6 is 0 Å². The van der Waals surface area contributed by atoms with Crippen molar-refractivity contribution >= 4 is 12.0 Å². The van der Waals surface area contributed by atoms with Crippen LogP contribution in [0.2, 0.25) is 0 Å². The van der Waals surface area contributed by atoms with Crippen LogP contribution in [0.15, 0.2) is 36.4 Å². The van der Waals surface area contributed by atoms with Crippen molar-refractivity contribution in [3.63, 3.8) is 0 Å². The smallest absolute Gasteiger partial charge is 0.244 e. The monoisotopic (exact) mass is 229 g/mol. The number of hydrogen-bond donors (Lipinski definition) is 1. The summed E-state index contributed by atoms with van der Waals surface area (Å²) in [6.45, 7) is 0. The van der Waals surface area contributed by atoms with E-state index >= 15 is 0 Å². The minimum absolute atomic E-state index is 0.0285. The Morgan fingerprint density at radius 1 is 1.12 bits per heavy atom. The summed E-state index contributed by atoms with van der Waals surface area (Å²) in [5, 5.41) is 3.06. The number of benzene rings is 1. The summed E-state index contributed by atoms with van der Waals surface area (Å²) in [6.07, 6.45) is 9.55. The molecule has 1 saturated carbocycles. The van der Waals surface area contributed by atoms with Gasteiger partial charge in [-0.1, -0.05) is 49.6 Å². The summed E-state index contributed by atoms with van der Waals surface area (Å²) in [5.74, 6) is 0.0285. The fourth-order valence-electron chi connectivity index (χ4n) is 2.23. The van der Waals surface area contributed by atoms with Crippen LogP contribution in [0.1, 0.15) is 37.7 Å². The minimum atomic E-state index is 0.0285. The molecule has 0 bridgehead atoms. The molecule has 2 heteroatoms. The normalized spacial score (nSPS) is 17.2. The SMILES string of the molecule is O=C(C=Cc1ccccc1)NC1CCCCC1. The molecular formula is C15H19NO. The molecule has 0 atom stereocenters. The highest BCUT2D eigenvalue weighted by molar-refractivity contribution is 5.91. The van der Waals surface area contributed by atoms with E-state index in [-0.39, 0.29) is 5.91 Å². The molecule has 0 spiro atoms. The third kappa shape index (κ3) is 4.06. The van der Waals surface area contributed by atoms with E-state index < -0.39 is 0 Å². The van der Waals surface area contributed by atoms with Gasteiger partial charge < -0.3 is 5.32 Å². The molecule has 2 nitrogen and oxygen atoms in total. The van der Waals surface area contributed by atoms with Gasteiger partial charge in [-0.05, 0) is 24.5 Å². The van der Waals surface area contributed by atoms with Crippen molar-refractivity contribution < 1.29 is 4.79 Å². The summed E-state index contributed by atoms with van der Waals surface area (Å²) in [5.41, 5.74) is 1.06. The van der Waals surface area contributed by atoms with Gasteiger partial charge in [-0.2, -0.15) is 0 Å². The lowest BCUT2D eigenvalue weighted by Gasteiger charge is -2.21. The van der Waals surface area contributed by atoms with Crippen LogP contribution in [0.5, 0.6) is 0 Å². The molecule has 0 heterocycles. The molecule has 1 aliphatic carbocycles. The van der Waals surface area contributed by atoms with Crippen LogP contribution < -0.4 is 5.32 Å². The van der Waals surface area contributed by atoms with Gasteiger partial charge in [0.15, 0.2) is 0 Å². The number of amides is 1. The lowest BCUT2D eigenvalue weighted by Crippen LogP contribution is -2.34. The van der Waals surface area contributed by atoms with E-state index in [2.05, 4.69) is 5.32 Å². The molecule has 1 aromatic rings. The van der Waals surface area contributed by atoms with Gasteiger partial charge in [0.05, 0.1) is 0 Å².